The van der Waals surface area contributed by atoms with E-state index in [2.05, 4.69) is 5.32 Å². The van der Waals surface area contributed by atoms with Crippen LogP contribution in [-0.2, 0) is 14.8 Å². The van der Waals surface area contributed by atoms with Crippen LogP contribution in [0.1, 0.15) is 12.5 Å². The van der Waals surface area contributed by atoms with Gasteiger partial charge in [0, 0.05) is 17.2 Å². The number of thioether (sulfide) groups is 1. The maximum Gasteiger partial charge on any atom is 0.243 e. The number of nitrogens with one attached hydrogen (secondary N) is 1. The molecule has 28 heavy (non-hydrogen) atoms. The summed E-state index contributed by atoms with van der Waals surface area (Å²) in [7, 11) is -2.10. The van der Waals surface area contributed by atoms with Gasteiger partial charge in [-0.3, -0.25) is 9.10 Å². The van der Waals surface area contributed by atoms with Crippen LogP contribution in [0.2, 0.25) is 0 Å². The van der Waals surface area contributed by atoms with Crippen LogP contribution in [0.25, 0.3) is 0 Å². The highest BCUT2D eigenvalue weighted by Crippen LogP contribution is 2.24. The number of aryl methyl sites for hydroxylation is 1. The second kappa shape index (κ2) is 9.84. The summed E-state index contributed by atoms with van der Waals surface area (Å²) in [4.78, 5) is 13.7. The number of rotatable bonds is 9. The number of amides is 1. The third-order valence-corrected chi connectivity index (χ3v) is 6.36. The molecule has 0 aliphatic heterocycles. The molecule has 0 saturated heterocycles. The van der Waals surface area contributed by atoms with Crippen molar-refractivity contribution < 1.29 is 17.9 Å². The maximum absolute atomic E-state index is 12.5. The van der Waals surface area contributed by atoms with Crippen molar-refractivity contribution >= 4 is 33.4 Å². The van der Waals surface area contributed by atoms with Crippen molar-refractivity contribution in [3.05, 3.63) is 54.1 Å². The summed E-state index contributed by atoms with van der Waals surface area (Å²) in [5.74, 6) is 0.969. The van der Waals surface area contributed by atoms with E-state index in [1.807, 2.05) is 31.2 Å². The Bertz CT molecular complexity index is 881. The molecule has 152 valence electrons. The molecule has 0 fully saturated rings. The van der Waals surface area contributed by atoms with Crippen molar-refractivity contribution in [3.63, 3.8) is 0 Å². The zero-order valence-corrected chi connectivity index (χ0v) is 18.1. The highest BCUT2D eigenvalue weighted by Gasteiger charge is 2.28. The monoisotopic (exact) mass is 422 g/mol. The number of sulfonamides is 1. The number of carbonyl (C=O) groups is 1. The molecule has 1 N–H and O–H groups in total. The van der Waals surface area contributed by atoms with Crippen LogP contribution in [-0.4, -0.2) is 46.0 Å². The van der Waals surface area contributed by atoms with Gasteiger partial charge in [-0.15, -0.1) is 11.8 Å². The minimum absolute atomic E-state index is 0.342. The van der Waals surface area contributed by atoms with Crippen LogP contribution in [0.15, 0.2) is 53.4 Å². The topological polar surface area (TPSA) is 75.7 Å². The molecule has 0 aliphatic rings. The van der Waals surface area contributed by atoms with Crippen LogP contribution in [0.4, 0.5) is 5.69 Å². The summed E-state index contributed by atoms with van der Waals surface area (Å²) in [5.41, 5.74) is 1.62. The first kappa shape index (κ1) is 22.1. The van der Waals surface area contributed by atoms with E-state index < -0.39 is 16.1 Å². The lowest BCUT2D eigenvalue weighted by molar-refractivity contribution is -0.121. The quantitative estimate of drug-likeness (QED) is 0.497. The van der Waals surface area contributed by atoms with Crippen LogP contribution in [0.3, 0.4) is 0 Å². The highest BCUT2D eigenvalue weighted by molar-refractivity contribution is 7.99. The van der Waals surface area contributed by atoms with E-state index in [0.717, 1.165) is 15.5 Å². The third kappa shape index (κ3) is 6.17. The van der Waals surface area contributed by atoms with Crippen LogP contribution < -0.4 is 14.4 Å². The number of nitrogens with zero attached hydrogens (tertiary/aromatic N) is 1. The minimum atomic E-state index is -3.63. The first-order valence-corrected chi connectivity index (χ1v) is 11.7. The molecule has 6 nitrogen and oxygen atoms in total. The number of hydrogen-bond donors (Lipinski definition) is 1. The first-order valence-electron chi connectivity index (χ1n) is 8.83. The number of carbonyl (C=O) groups excluding carboxylic acids is 1. The van der Waals surface area contributed by atoms with E-state index in [1.54, 1.807) is 43.0 Å². The van der Waals surface area contributed by atoms with Gasteiger partial charge in [0.25, 0.3) is 0 Å². The van der Waals surface area contributed by atoms with E-state index in [9.17, 15) is 13.2 Å². The van der Waals surface area contributed by atoms with Crippen molar-refractivity contribution in [1.29, 1.82) is 0 Å². The van der Waals surface area contributed by atoms with Crippen molar-refractivity contribution in [2.75, 3.05) is 30.0 Å². The Kier molecular flexibility index (Phi) is 7.77. The number of anilines is 1. The van der Waals surface area contributed by atoms with Gasteiger partial charge in [-0.25, -0.2) is 8.42 Å². The number of ether oxygens (including phenoxy) is 1. The van der Waals surface area contributed by atoms with Crippen molar-refractivity contribution in [2.45, 2.75) is 24.8 Å². The van der Waals surface area contributed by atoms with E-state index in [1.165, 1.54) is 12.7 Å². The normalized spacial score (nSPS) is 12.3. The Hall–Kier alpha value is -2.19. The Morgan fingerprint density at radius 2 is 1.75 bits per heavy atom. The molecule has 1 amide bonds. The standard InChI is InChI=1S/C20H26N2O4S2/c1-15-5-11-19(12-6-15)27-14-13-21-20(23)16(2)22(28(4,24)25)17-7-9-18(26-3)10-8-17/h5-12,16H,13-14H2,1-4H3,(H,21,23)/t16-/m1/s1. The summed E-state index contributed by atoms with van der Waals surface area (Å²) in [6.07, 6.45) is 1.09. The number of methoxy groups -OCH3 is 1. The first-order chi connectivity index (χ1) is 13.2. The van der Waals surface area contributed by atoms with Crippen molar-refractivity contribution in [2.24, 2.45) is 0 Å². The molecule has 0 heterocycles. The Morgan fingerprint density at radius 3 is 2.29 bits per heavy atom. The summed E-state index contributed by atoms with van der Waals surface area (Å²) in [6, 6.07) is 13.9. The number of hydrogen-bond acceptors (Lipinski definition) is 5. The molecular weight excluding hydrogens is 396 g/mol. The largest absolute Gasteiger partial charge is 0.497 e. The van der Waals surface area contributed by atoms with Crippen molar-refractivity contribution in [1.82, 2.24) is 5.32 Å². The van der Waals surface area contributed by atoms with Gasteiger partial charge in [0.2, 0.25) is 15.9 Å². The lowest BCUT2D eigenvalue weighted by Crippen LogP contribution is -2.48. The highest BCUT2D eigenvalue weighted by atomic mass is 32.2. The van der Waals surface area contributed by atoms with Crippen molar-refractivity contribution in [3.8, 4) is 5.75 Å². The van der Waals surface area contributed by atoms with Crippen LogP contribution in [0.5, 0.6) is 5.75 Å². The van der Waals surface area contributed by atoms with Crippen LogP contribution >= 0.6 is 11.8 Å². The number of benzene rings is 2. The summed E-state index contributed by atoms with van der Waals surface area (Å²) < 4.78 is 30.8. The average molecular weight is 423 g/mol. The molecule has 0 saturated carbocycles. The van der Waals surface area contributed by atoms with Gasteiger partial charge >= 0.3 is 0 Å². The summed E-state index contributed by atoms with van der Waals surface area (Å²) >= 11 is 1.64. The van der Waals surface area contributed by atoms with E-state index in [-0.39, 0.29) is 5.91 Å². The predicted octanol–water partition coefficient (Wildman–Crippen LogP) is 3.07. The summed E-state index contributed by atoms with van der Waals surface area (Å²) in [6.45, 7) is 4.06. The smallest absolute Gasteiger partial charge is 0.243 e. The summed E-state index contributed by atoms with van der Waals surface area (Å²) in [5, 5.41) is 2.82. The molecule has 0 spiro atoms. The maximum atomic E-state index is 12.5. The fourth-order valence-corrected chi connectivity index (χ4v) is 4.61. The average Bonchev–Trinajstić information content (AvgIpc) is 2.66. The Morgan fingerprint density at radius 1 is 1.14 bits per heavy atom. The molecule has 0 aromatic heterocycles. The molecule has 2 rings (SSSR count). The zero-order valence-electron chi connectivity index (χ0n) is 16.5. The van der Waals surface area contributed by atoms with Gasteiger partial charge in [0.1, 0.15) is 11.8 Å². The molecule has 0 aliphatic carbocycles. The molecule has 1 atom stereocenters. The van der Waals surface area contributed by atoms with E-state index in [0.29, 0.717) is 23.7 Å². The van der Waals surface area contributed by atoms with Crippen LogP contribution in [0, 0.1) is 6.92 Å². The van der Waals surface area contributed by atoms with Gasteiger partial charge < -0.3 is 10.1 Å². The lowest BCUT2D eigenvalue weighted by Gasteiger charge is -2.28. The Labute approximate surface area is 171 Å². The zero-order chi connectivity index (χ0) is 20.7. The molecule has 8 heteroatoms. The Balaban J connectivity index is 1.97. The minimum Gasteiger partial charge on any atom is -0.497 e. The van der Waals surface area contributed by atoms with Gasteiger partial charge in [0.15, 0.2) is 0 Å². The predicted molar refractivity (Wildman–Crippen MR) is 115 cm³/mol. The lowest BCUT2D eigenvalue weighted by atomic mass is 10.2. The van der Waals surface area contributed by atoms with Gasteiger partial charge in [-0.1, -0.05) is 17.7 Å². The third-order valence-electron chi connectivity index (χ3n) is 4.11. The van der Waals surface area contributed by atoms with Gasteiger partial charge in [-0.05, 0) is 50.2 Å². The van der Waals surface area contributed by atoms with E-state index in [4.69, 9.17) is 4.74 Å². The van der Waals surface area contributed by atoms with Gasteiger partial charge in [-0.2, -0.15) is 0 Å². The second-order valence-electron chi connectivity index (χ2n) is 6.39. The van der Waals surface area contributed by atoms with E-state index >= 15 is 0 Å². The molecule has 2 aromatic carbocycles. The molecular formula is C20H26N2O4S2. The molecule has 0 unspecified atom stereocenters. The molecule has 0 radical (unpaired) electrons. The SMILES string of the molecule is COc1ccc(N([C@H](C)C(=O)NCCSc2ccc(C)cc2)S(C)(=O)=O)cc1. The second-order valence-corrected chi connectivity index (χ2v) is 9.41. The van der Waals surface area contributed by atoms with Gasteiger partial charge in [0.05, 0.1) is 19.1 Å². The fourth-order valence-electron chi connectivity index (χ4n) is 2.66. The fraction of sp³-hybridized carbons (Fsp3) is 0.350. The molecule has 2 aromatic rings. The molecule has 0 bridgehead atoms.